The maximum absolute atomic E-state index is 13.4. The van der Waals surface area contributed by atoms with Crippen LogP contribution in [0.25, 0.3) is 0 Å². The molecular weight excluding hydrogens is 309 g/mol. The summed E-state index contributed by atoms with van der Waals surface area (Å²) < 4.78 is 20.4. The molecule has 0 saturated heterocycles. The first-order chi connectivity index (χ1) is 8.47. The molecule has 8 heteroatoms. The zero-order valence-corrected chi connectivity index (χ0v) is 10.7. The van der Waals surface area contributed by atoms with Crippen molar-refractivity contribution in [2.24, 2.45) is 7.05 Å². The lowest BCUT2D eigenvalue weighted by Crippen LogP contribution is -1.93. The highest BCUT2D eigenvalue weighted by atomic mass is 79.9. The Morgan fingerprint density at radius 3 is 2.94 bits per heavy atom. The molecule has 18 heavy (non-hydrogen) atoms. The molecule has 0 N–H and O–H groups in total. The van der Waals surface area contributed by atoms with Crippen LogP contribution >= 0.6 is 15.9 Å². The summed E-state index contributed by atoms with van der Waals surface area (Å²) in [5.74, 6) is -1.01. The van der Waals surface area contributed by atoms with Crippen LogP contribution in [0.1, 0.15) is 0 Å². The number of aromatic nitrogens is 2. The summed E-state index contributed by atoms with van der Waals surface area (Å²) in [5.41, 5.74) is -0.322. The van der Waals surface area contributed by atoms with Crippen molar-refractivity contribution < 1.29 is 14.1 Å². The number of nitro groups is 1. The Morgan fingerprint density at radius 1 is 1.56 bits per heavy atom. The van der Waals surface area contributed by atoms with Gasteiger partial charge in [0.15, 0.2) is 11.6 Å². The van der Waals surface area contributed by atoms with Crippen molar-refractivity contribution in [1.82, 2.24) is 9.78 Å². The highest BCUT2D eigenvalue weighted by molar-refractivity contribution is 9.10. The van der Waals surface area contributed by atoms with Crippen molar-refractivity contribution in [2.45, 2.75) is 0 Å². The molecule has 94 valence electrons. The average molecular weight is 316 g/mol. The van der Waals surface area contributed by atoms with Crippen LogP contribution in [0.15, 0.2) is 28.9 Å². The summed E-state index contributed by atoms with van der Waals surface area (Å²) in [6.45, 7) is 0. The highest BCUT2D eigenvalue weighted by Gasteiger charge is 2.21. The van der Waals surface area contributed by atoms with E-state index in [9.17, 15) is 14.5 Å². The third kappa shape index (κ3) is 2.48. The van der Waals surface area contributed by atoms with Gasteiger partial charge in [-0.3, -0.25) is 14.8 Å². The van der Waals surface area contributed by atoms with Gasteiger partial charge in [0.25, 0.3) is 0 Å². The summed E-state index contributed by atoms with van der Waals surface area (Å²) in [7, 11) is 1.51. The average Bonchev–Trinajstić information content (AvgIpc) is 2.65. The van der Waals surface area contributed by atoms with E-state index in [4.69, 9.17) is 4.74 Å². The lowest BCUT2D eigenvalue weighted by molar-refractivity contribution is -0.385. The zero-order chi connectivity index (χ0) is 13.3. The van der Waals surface area contributed by atoms with E-state index >= 15 is 0 Å². The summed E-state index contributed by atoms with van der Waals surface area (Å²) in [6, 6.07) is 4.05. The first-order valence-corrected chi connectivity index (χ1v) is 5.57. The fourth-order valence-electron chi connectivity index (χ4n) is 1.31. The topological polar surface area (TPSA) is 70.2 Å². The summed E-state index contributed by atoms with van der Waals surface area (Å²) in [5, 5.41) is 14.5. The first-order valence-electron chi connectivity index (χ1n) is 4.78. The largest absolute Gasteiger partial charge is 0.429 e. The highest BCUT2D eigenvalue weighted by Crippen LogP contribution is 2.32. The van der Waals surface area contributed by atoms with Gasteiger partial charge in [-0.2, -0.15) is 0 Å². The second-order valence-corrected chi connectivity index (χ2v) is 4.34. The van der Waals surface area contributed by atoms with Crippen LogP contribution in [0.4, 0.5) is 10.1 Å². The van der Waals surface area contributed by atoms with Crippen molar-refractivity contribution in [3.8, 4) is 11.6 Å². The Labute approximate surface area is 109 Å². The maximum atomic E-state index is 13.4. The van der Waals surface area contributed by atoms with Crippen molar-refractivity contribution in [3.63, 3.8) is 0 Å². The number of hydrogen-bond donors (Lipinski definition) is 0. The van der Waals surface area contributed by atoms with Gasteiger partial charge in [0, 0.05) is 11.5 Å². The van der Waals surface area contributed by atoms with Gasteiger partial charge in [-0.05, 0) is 18.2 Å². The second kappa shape index (κ2) is 4.73. The van der Waals surface area contributed by atoms with E-state index in [1.54, 1.807) is 0 Å². The monoisotopic (exact) mass is 315 g/mol. The maximum Gasteiger partial charge on any atom is 0.350 e. The van der Waals surface area contributed by atoms with Gasteiger partial charge in [0.1, 0.15) is 6.20 Å². The molecule has 0 radical (unpaired) electrons. The predicted octanol–water partition coefficient (Wildman–Crippen LogP) is 3.02. The number of hydrogen-bond acceptors (Lipinski definition) is 4. The van der Waals surface area contributed by atoms with Crippen LogP contribution < -0.4 is 4.74 Å². The summed E-state index contributed by atoms with van der Waals surface area (Å²) in [6.07, 6.45) is 1.19. The van der Waals surface area contributed by atoms with Crippen LogP contribution in [0.2, 0.25) is 0 Å². The minimum Gasteiger partial charge on any atom is -0.429 e. The van der Waals surface area contributed by atoms with Gasteiger partial charge in [-0.1, -0.05) is 15.9 Å². The molecule has 0 aliphatic heterocycles. The zero-order valence-electron chi connectivity index (χ0n) is 9.13. The Bertz CT molecular complexity index is 614. The van der Waals surface area contributed by atoms with E-state index in [0.29, 0.717) is 4.47 Å². The predicted molar refractivity (Wildman–Crippen MR) is 64.0 cm³/mol. The normalized spacial score (nSPS) is 10.4. The molecular formula is C10H7BrFN3O3. The van der Waals surface area contributed by atoms with E-state index < -0.39 is 10.7 Å². The lowest BCUT2D eigenvalue weighted by Gasteiger charge is -2.03. The molecule has 1 aromatic carbocycles. The molecule has 2 rings (SSSR count). The standard InChI is InChI=1S/C10H7BrFN3O3/c1-14-5-8(15(16)17)10(13-14)18-9-4-6(11)2-3-7(9)12/h2-5H,1H3. The molecule has 0 spiro atoms. The first kappa shape index (κ1) is 12.5. The van der Waals surface area contributed by atoms with Gasteiger partial charge in [0.2, 0.25) is 0 Å². The van der Waals surface area contributed by atoms with Crippen molar-refractivity contribution in [3.05, 3.63) is 44.8 Å². The Morgan fingerprint density at radius 2 is 2.28 bits per heavy atom. The quantitative estimate of drug-likeness (QED) is 0.644. The third-order valence-electron chi connectivity index (χ3n) is 2.07. The number of aryl methyl sites for hydroxylation is 1. The molecule has 0 atom stereocenters. The number of halogens is 2. The summed E-state index contributed by atoms with van der Waals surface area (Å²) >= 11 is 3.16. The molecule has 0 aliphatic rings. The molecule has 6 nitrogen and oxygen atoms in total. The molecule has 0 unspecified atom stereocenters. The van der Waals surface area contributed by atoms with Crippen molar-refractivity contribution in [2.75, 3.05) is 0 Å². The Hall–Kier alpha value is -1.96. The van der Waals surface area contributed by atoms with E-state index in [-0.39, 0.29) is 17.3 Å². The molecule has 0 fully saturated rings. The van der Waals surface area contributed by atoms with Gasteiger partial charge >= 0.3 is 11.6 Å². The number of benzene rings is 1. The van der Waals surface area contributed by atoms with Crippen molar-refractivity contribution >= 4 is 21.6 Å². The molecule has 2 aromatic rings. The number of rotatable bonds is 3. The van der Waals surface area contributed by atoms with Crippen molar-refractivity contribution in [1.29, 1.82) is 0 Å². The molecule has 0 amide bonds. The fourth-order valence-corrected chi connectivity index (χ4v) is 1.65. The van der Waals surface area contributed by atoms with E-state index in [1.165, 1.54) is 36.1 Å². The smallest absolute Gasteiger partial charge is 0.350 e. The minimum absolute atomic E-state index is 0.133. The van der Waals surface area contributed by atoms with Crippen LogP contribution in [0.3, 0.4) is 0 Å². The molecule has 0 aliphatic carbocycles. The number of nitrogens with zero attached hydrogens (tertiary/aromatic N) is 3. The SMILES string of the molecule is Cn1cc([N+](=O)[O-])c(Oc2cc(Br)ccc2F)n1. The van der Waals surface area contributed by atoms with Crippen LogP contribution in [-0.4, -0.2) is 14.7 Å². The molecule has 0 saturated carbocycles. The van der Waals surface area contributed by atoms with Gasteiger partial charge in [-0.15, -0.1) is 5.10 Å². The molecule has 1 heterocycles. The Kier molecular flexibility index (Phi) is 3.28. The van der Waals surface area contributed by atoms with E-state index in [0.717, 1.165) is 0 Å². The minimum atomic E-state index is -0.641. The van der Waals surface area contributed by atoms with E-state index in [1.807, 2.05) is 0 Å². The van der Waals surface area contributed by atoms with Gasteiger partial charge < -0.3 is 4.74 Å². The Balaban J connectivity index is 2.39. The lowest BCUT2D eigenvalue weighted by atomic mass is 10.3. The molecule has 1 aromatic heterocycles. The van der Waals surface area contributed by atoms with Gasteiger partial charge in [0.05, 0.1) is 4.92 Å². The van der Waals surface area contributed by atoms with Crippen LogP contribution in [-0.2, 0) is 7.05 Å². The van der Waals surface area contributed by atoms with Crippen LogP contribution in [0.5, 0.6) is 11.6 Å². The fraction of sp³-hybridized carbons (Fsp3) is 0.100. The van der Waals surface area contributed by atoms with E-state index in [2.05, 4.69) is 21.0 Å². The van der Waals surface area contributed by atoms with Gasteiger partial charge in [-0.25, -0.2) is 4.39 Å². The third-order valence-corrected chi connectivity index (χ3v) is 2.57. The second-order valence-electron chi connectivity index (χ2n) is 3.43. The number of ether oxygens (including phenoxy) is 1. The van der Waals surface area contributed by atoms with Crippen LogP contribution in [0, 0.1) is 15.9 Å². The summed E-state index contributed by atoms with van der Waals surface area (Å²) in [4.78, 5) is 10.1. The molecule has 0 bridgehead atoms.